The second kappa shape index (κ2) is 10.8. The molecule has 2 rings (SSSR count). The number of hydrogen-bond donors (Lipinski definition) is 2. The monoisotopic (exact) mass is 401 g/mol. The van der Waals surface area contributed by atoms with Crippen LogP contribution in [0.2, 0.25) is 0 Å². The van der Waals surface area contributed by atoms with E-state index in [1.54, 1.807) is 36.2 Å². The zero-order chi connectivity index (χ0) is 21.2. The van der Waals surface area contributed by atoms with Gasteiger partial charge in [-0.3, -0.25) is 14.6 Å². The van der Waals surface area contributed by atoms with Crippen molar-refractivity contribution in [3.8, 4) is 11.5 Å². The molecular weight excluding hydrogens is 374 g/mol. The molecule has 29 heavy (non-hydrogen) atoms. The van der Waals surface area contributed by atoms with E-state index in [9.17, 15) is 9.59 Å². The number of nitrogens with zero attached hydrogens (tertiary/aromatic N) is 3. The summed E-state index contributed by atoms with van der Waals surface area (Å²) in [5.41, 5.74) is 3.77. The maximum absolute atomic E-state index is 12.1. The number of anilines is 1. The number of aromatic amines is 1. The second-order valence-electron chi connectivity index (χ2n) is 6.10. The van der Waals surface area contributed by atoms with Gasteiger partial charge < -0.3 is 14.4 Å². The van der Waals surface area contributed by atoms with Crippen LogP contribution in [0.5, 0.6) is 11.5 Å². The number of ether oxygens (including phenoxy) is 2. The molecule has 0 saturated carbocycles. The number of benzene rings is 1. The van der Waals surface area contributed by atoms with Crippen LogP contribution in [0.1, 0.15) is 32.0 Å². The lowest BCUT2D eigenvalue weighted by Gasteiger charge is -2.19. The van der Waals surface area contributed by atoms with E-state index in [1.165, 1.54) is 6.07 Å². The third-order valence-electron chi connectivity index (χ3n) is 3.99. The van der Waals surface area contributed by atoms with Crippen molar-refractivity contribution < 1.29 is 14.3 Å². The fraction of sp³-hybridized carbons (Fsp3) is 0.400. The summed E-state index contributed by atoms with van der Waals surface area (Å²) in [7, 11) is 0. The minimum atomic E-state index is -0.255. The van der Waals surface area contributed by atoms with Crippen LogP contribution in [0, 0.1) is 6.92 Å². The largest absolute Gasteiger partial charge is 0.490 e. The predicted molar refractivity (Wildman–Crippen MR) is 112 cm³/mol. The first kappa shape index (κ1) is 21.9. The molecule has 0 saturated heterocycles. The number of aromatic nitrogens is 2. The third kappa shape index (κ3) is 6.63. The number of nitrogens with one attached hydrogen (secondary N) is 2. The number of H-pyrrole nitrogens is 1. The van der Waals surface area contributed by atoms with Gasteiger partial charge in [0.15, 0.2) is 18.1 Å². The molecule has 0 aliphatic rings. The van der Waals surface area contributed by atoms with Crippen LogP contribution >= 0.6 is 0 Å². The van der Waals surface area contributed by atoms with E-state index in [1.807, 2.05) is 20.8 Å². The average molecular weight is 401 g/mol. The average Bonchev–Trinajstić information content (AvgIpc) is 2.68. The molecule has 9 heteroatoms. The second-order valence-corrected chi connectivity index (χ2v) is 6.10. The standard InChI is InChI=1S/C20H27N5O4/c1-5-25(6-2)19(27)13-29-16-9-8-15(11-17(16)28-7-3)12-21-24-20-22-14(4)10-18(26)23-20/h8-12H,5-7,13H2,1-4H3,(H2,22,23,24,26)/b21-12-. The van der Waals surface area contributed by atoms with Crippen molar-refractivity contribution in [2.45, 2.75) is 27.7 Å². The van der Waals surface area contributed by atoms with Crippen LogP contribution in [0.4, 0.5) is 5.95 Å². The first-order valence-electron chi connectivity index (χ1n) is 9.51. The smallest absolute Gasteiger partial charge is 0.260 e. The number of amides is 1. The number of rotatable bonds is 10. The number of hydrazone groups is 1. The van der Waals surface area contributed by atoms with E-state index in [2.05, 4.69) is 20.5 Å². The van der Waals surface area contributed by atoms with Gasteiger partial charge in [0.1, 0.15) is 0 Å². The summed E-state index contributed by atoms with van der Waals surface area (Å²) in [6.07, 6.45) is 1.57. The molecule has 0 fully saturated rings. The SMILES string of the molecule is CCOc1cc(/C=N\Nc2nc(C)cc(=O)[nH]2)ccc1OCC(=O)N(CC)CC. The van der Waals surface area contributed by atoms with E-state index in [4.69, 9.17) is 9.47 Å². The number of aryl methyl sites for hydroxylation is 1. The summed E-state index contributed by atoms with van der Waals surface area (Å²) < 4.78 is 11.3. The Labute approximate surface area is 169 Å². The molecule has 0 radical (unpaired) electrons. The molecule has 1 aromatic heterocycles. The van der Waals surface area contributed by atoms with E-state index >= 15 is 0 Å². The fourth-order valence-corrected chi connectivity index (χ4v) is 2.60. The lowest BCUT2D eigenvalue weighted by Crippen LogP contribution is -2.34. The molecular formula is C20H27N5O4. The van der Waals surface area contributed by atoms with Gasteiger partial charge >= 0.3 is 0 Å². The van der Waals surface area contributed by atoms with Crippen molar-refractivity contribution in [1.29, 1.82) is 0 Å². The highest BCUT2D eigenvalue weighted by atomic mass is 16.5. The van der Waals surface area contributed by atoms with E-state index < -0.39 is 0 Å². The number of carbonyl (C=O) groups excluding carboxylic acids is 1. The molecule has 1 heterocycles. The van der Waals surface area contributed by atoms with E-state index in [0.29, 0.717) is 36.9 Å². The summed E-state index contributed by atoms with van der Waals surface area (Å²) in [5.74, 6) is 1.19. The molecule has 1 amide bonds. The summed E-state index contributed by atoms with van der Waals surface area (Å²) >= 11 is 0. The summed E-state index contributed by atoms with van der Waals surface area (Å²) in [5, 5.41) is 4.08. The molecule has 2 aromatic rings. The predicted octanol–water partition coefficient (Wildman–Crippen LogP) is 2.17. The quantitative estimate of drug-likeness (QED) is 0.466. The molecule has 0 spiro atoms. The van der Waals surface area contributed by atoms with Crippen molar-refractivity contribution in [1.82, 2.24) is 14.9 Å². The Morgan fingerprint density at radius 2 is 1.97 bits per heavy atom. The van der Waals surface area contributed by atoms with Crippen molar-refractivity contribution in [3.63, 3.8) is 0 Å². The molecule has 0 aliphatic heterocycles. The molecule has 0 atom stereocenters. The zero-order valence-corrected chi connectivity index (χ0v) is 17.2. The lowest BCUT2D eigenvalue weighted by atomic mass is 10.2. The van der Waals surface area contributed by atoms with Gasteiger partial charge in [-0.05, 0) is 51.5 Å². The van der Waals surface area contributed by atoms with Gasteiger partial charge in [0, 0.05) is 24.8 Å². The summed E-state index contributed by atoms with van der Waals surface area (Å²) in [6, 6.07) is 6.68. The maximum atomic E-state index is 12.1. The Bertz CT molecular complexity index is 906. The molecule has 1 aromatic carbocycles. The zero-order valence-electron chi connectivity index (χ0n) is 17.2. The van der Waals surface area contributed by atoms with Gasteiger partial charge in [0.2, 0.25) is 5.95 Å². The van der Waals surface area contributed by atoms with Crippen LogP contribution < -0.4 is 20.5 Å². The van der Waals surface area contributed by atoms with Gasteiger partial charge in [-0.2, -0.15) is 5.10 Å². The number of likely N-dealkylation sites (N-methyl/N-ethyl adjacent to an activating group) is 1. The minimum absolute atomic E-state index is 0.0524. The van der Waals surface area contributed by atoms with Crippen molar-refractivity contribution in [2.24, 2.45) is 5.10 Å². The lowest BCUT2D eigenvalue weighted by molar-refractivity contribution is -0.132. The minimum Gasteiger partial charge on any atom is -0.490 e. The molecule has 9 nitrogen and oxygen atoms in total. The highest BCUT2D eigenvalue weighted by molar-refractivity contribution is 5.81. The summed E-state index contributed by atoms with van der Waals surface area (Å²) in [6.45, 7) is 9.13. The van der Waals surface area contributed by atoms with Crippen molar-refractivity contribution >= 4 is 18.1 Å². The topological polar surface area (TPSA) is 109 Å². The highest BCUT2D eigenvalue weighted by Gasteiger charge is 2.12. The van der Waals surface area contributed by atoms with Crippen molar-refractivity contribution in [2.75, 3.05) is 31.7 Å². The van der Waals surface area contributed by atoms with Crippen LogP contribution in [0.3, 0.4) is 0 Å². The van der Waals surface area contributed by atoms with Gasteiger partial charge in [0.25, 0.3) is 11.5 Å². The highest BCUT2D eigenvalue weighted by Crippen LogP contribution is 2.28. The Kier molecular flexibility index (Phi) is 8.20. The van der Waals surface area contributed by atoms with Crippen LogP contribution in [0.15, 0.2) is 34.2 Å². The van der Waals surface area contributed by atoms with Crippen LogP contribution in [-0.4, -0.2) is 53.3 Å². The van der Waals surface area contributed by atoms with Gasteiger partial charge in [-0.15, -0.1) is 0 Å². The molecule has 156 valence electrons. The van der Waals surface area contributed by atoms with E-state index in [-0.39, 0.29) is 24.0 Å². The normalized spacial score (nSPS) is 10.8. The fourth-order valence-electron chi connectivity index (χ4n) is 2.60. The first-order chi connectivity index (χ1) is 14.0. The molecule has 2 N–H and O–H groups in total. The van der Waals surface area contributed by atoms with Gasteiger partial charge in [0.05, 0.1) is 12.8 Å². The third-order valence-corrected chi connectivity index (χ3v) is 3.99. The Hall–Kier alpha value is -3.36. The van der Waals surface area contributed by atoms with Gasteiger partial charge in [-0.25, -0.2) is 10.4 Å². The molecule has 0 unspecified atom stereocenters. The summed E-state index contributed by atoms with van der Waals surface area (Å²) in [4.78, 5) is 32.0. The van der Waals surface area contributed by atoms with Gasteiger partial charge in [-0.1, -0.05) is 0 Å². The number of carbonyl (C=O) groups is 1. The van der Waals surface area contributed by atoms with E-state index in [0.717, 1.165) is 5.56 Å². The Balaban J connectivity index is 2.07. The Morgan fingerprint density at radius 3 is 2.62 bits per heavy atom. The maximum Gasteiger partial charge on any atom is 0.260 e. The van der Waals surface area contributed by atoms with Crippen LogP contribution in [-0.2, 0) is 4.79 Å². The number of hydrogen-bond acceptors (Lipinski definition) is 7. The molecule has 0 aliphatic carbocycles. The molecule has 0 bridgehead atoms. The Morgan fingerprint density at radius 1 is 1.21 bits per heavy atom. The van der Waals surface area contributed by atoms with Crippen molar-refractivity contribution in [3.05, 3.63) is 45.9 Å². The first-order valence-corrected chi connectivity index (χ1v) is 9.51. The van der Waals surface area contributed by atoms with Crippen LogP contribution in [0.25, 0.3) is 0 Å².